The lowest BCUT2D eigenvalue weighted by Gasteiger charge is -2.12. The van der Waals surface area contributed by atoms with Crippen LogP contribution in [0.15, 0.2) is 40.9 Å². The van der Waals surface area contributed by atoms with Gasteiger partial charge >= 0.3 is 5.97 Å². The molecule has 5 heteroatoms. The molecule has 1 N–H and O–H groups in total. The lowest BCUT2D eigenvalue weighted by atomic mass is 9.97. The monoisotopic (exact) mass is 389 g/mol. The summed E-state index contributed by atoms with van der Waals surface area (Å²) >= 11 is 3.56. The molecule has 0 unspecified atom stereocenters. The first-order chi connectivity index (χ1) is 11.6. The smallest absolute Gasteiger partial charge is 0.306 e. The topological polar surface area (TPSA) is 47.6 Å². The van der Waals surface area contributed by atoms with Crippen LogP contribution in [0.5, 0.6) is 5.75 Å². The van der Waals surface area contributed by atoms with Crippen LogP contribution in [-0.2, 0) is 16.1 Å². The largest absolute Gasteiger partial charge is 0.493 e. The van der Waals surface area contributed by atoms with Gasteiger partial charge in [-0.25, -0.2) is 0 Å². The van der Waals surface area contributed by atoms with Gasteiger partial charge in [-0.2, -0.15) is 0 Å². The molecule has 2 aromatic carbocycles. The van der Waals surface area contributed by atoms with Crippen molar-refractivity contribution in [2.24, 2.45) is 0 Å². The Morgan fingerprint density at radius 3 is 3.00 bits per heavy atom. The number of benzene rings is 2. The van der Waals surface area contributed by atoms with Crippen molar-refractivity contribution in [3.63, 3.8) is 0 Å². The quantitative estimate of drug-likeness (QED) is 0.769. The zero-order valence-electron chi connectivity index (χ0n) is 13.8. The standard InChI is InChI=1S/C19H20BrNO3/c1-12-13(4-3-5-17(12)20)10-21-15-6-7-16-14(8-19(22)23-2)11-24-18(16)9-15/h3-7,9,14,21H,8,10-11H2,1-2H3/t14-/m1/s1. The minimum Gasteiger partial charge on any atom is -0.493 e. The number of rotatable bonds is 5. The van der Waals surface area contributed by atoms with Gasteiger partial charge in [0.05, 0.1) is 20.1 Å². The third-order valence-electron chi connectivity index (χ3n) is 4.40. The average Bonchev–Trinajstić information content (AvgIpc) is 2.98. The van der Waals surface area contributed by atoms with Gasteiger partial charge in [0.15, 0.2) is 0 Å². The predicted octanol–water partition coefficient (Wildman–Crippen LogP) is 4.41. The van der Waals surface area contributed by atoms with Crippen LogP contribution in [0.3, 0.4) is 0 Å². The fraction of sp³-hybridized carbons (Fsp3) is 0.316. The van der Waals surface area contributed by atoms with Crippen LogP contribution in [0.4, 0.5) is 5.69 Å². The number of methoxy groups -OCH3 is 1. The maximum Gasteiger partial charge on any atom is 0.306 e. The van der Waals surface area contributed by atoms with Gasteiger partial charge in [0.1, 0.15) is 5.75 Å². The van der Waals surface area contributed by atoms with Crippen molar-refractivity contribution < 1.29 is 14.3 Å². The van der Waals surface area contributed by atoms with Crippen LogP contribution in [0.1, 0.15) is 29.0 Å². The van der Waals surface area contributed by atoms with Crippen molar-refractivity contribution >= 4 is 27.6 Å². The second kappa shape index (κ2) is 7.26. The Morgan fingerprint density at radius 2 is 2.21 bits per heavy atom. The number of halogens is 1. The molecule has 0 saturated carbocycles. The van der Waals surface area contributed by atoms with E-state index in [2.05, 4.69) is 34.2 Å². The maximum absolute atomic E-state index is 11.5. The number of nitrogens with one attached hydrogen (secondary N) is 1. The zero-order valence-corrected chi connectivity index (χ0v) is 15.4. The lowest BCUT2D eigenvalue weighted by Crippen LogP contribution is -2.09. The van der Waals surface area contributed by atoms with E-state index in [9.17, 15) is 4.79 Å². The molecule has 0 amide bonds. The van der Waals surface area contributed by atoms with Crippen LogP contribution in [0.2, 0.25) is 0 Å². The number of fused-ring (bicyclic) bond motifs is 1. The van der Waals surface area contributed by atoms with Crippen molar-refractivity contribution in [2.45, 2.75) is 25.8 Å². The number of hydrogen-bond acceptors (Lipinski definition) is 4. The van der Waals surface area contributed by atoms with Gasteiger partial charge in [-0.1, -0.05) is 34.1 Å². The zero-order chi connectivity index (χ0) is 17.1. The molecule has 4 nitrogen and oxygen atoms in total. The minimum absolute atomic E-state index is 0.0776. The molecule has 0 saturated heterocycles. The number of hydrogen-bond donors (Lipinski definition) is 1. The van der Waals surface area contributed by atoms with Crippen LogP contribution in [0.25, 0.3) is 0 Å². The number of esters is 1. The summed E-state index contributed by atoms with van der Waals surface area (Å²) in [5.41, 5.74) is 4.56. The minimum atomic E-state index is -0.205. The van der Waals surface area contributed by atoms with Gasteiger partial charge in [0.25, 0.3) is 0 Å². The molecule has 0 aliphatic carbocycles. The fourth-order valence-electron chi connectivity index (χ4n) is 2.88. The lowest BCUT2D eigenvalue weighted by molar-refractivity contribution is -0.141. The first-order valence-corrected chi connectivity index (χ1v) is 8.69. The van der Waals surface area contributed by atoms with Gasteiger partial charge in [-0.3, -0.25) is 4.79 Å². The van der Waals surface area contributed by atoms with Crippen molar-refractivity contribution in [3.8, 4) is 5.75 Å². The van der Waals surface area contributed by atoms with E-state index >= 15 is 0 Å². The molecule has 0 radical (unpaired) electrons. The Balaban J connectivity index is 1.69. The highest BCUT2D eigenvalue weighted by Crippen LogP contribution is 2.38. The Hall–Kier alpha value is -2.01. The molecule has 1 atom stereocenters. The number of anilines is 1. The van der Waals surface area contributed by atoms with Crippen LogP contribution >= 0.6 is 15.9 Å². The second-order valence-corrected chi connectivity index (χ2v) is 6.77. The molecule has 3 rings (SSSR count). The van der Waals surface area contributed by atoms with E-state index in [4.69, 9.17) is 9.47 Å². The molecule has 24 heavy (non-hydrogen) atoms. The third kappa shape index (κ3) is 3.56. The third-order valence-corrected chi connectivity index (χ3v) is 5.26. The maximum atomic E-state index is 11.5. The normalized spacial score (nSPS) is 15.5. The van der Waals surface area contributed by atoms with Gasteiger partial charge in [0, 0.05) is 34.3 Å². The highest BCUT2D eigenvalue weighted by Gasteiger charge is 2.26. The SMILES string of the molecule is COC(=O)C[C@@H]1COc2cc(NCc3cccc(Br)c3C)ccc21. The molecule has 1 heterocycles. The molecular weight excluding hydrogens is 370 g/mol. The summed E-state index contributed by atoms with van der Waals surface area (Å²) < 4.78 is 11.6. The molecule has 0 aromatic heterocycles. The molecule has 0 spiro atoms. The van der Waals surface area contributed by atoms with Gasteiger partial charge in [-0.15, -0.1) is 0 Å². The Bertz CT molecular complexity index is 760. The molecule has 1 aliphatic heterocycles. The molecular formula is C19H20BrNO3. The summed E-state index contributed by atoms with van der Waals surface area (Å²) in [5.74, 6) is 0.720. The molecule has 1 aliphatic rings. The highest BCUT2D eigenvalue weighted by molar-refractivity contribution is 9.10. The number of ether oxygens (including phenoxy) is 2. The Morgan fingerprint density at radius 1 is 1.38 bits per heavy atom. The van der Waals surface area contributed by atoms with E-state index in [1.54, 1.807) is 0 Å². The van der Waals surface area contributed by atoms with Crippen LogP contribution in [-0.4, -0.2) is 19.7 Å². The number of carbonyl (C=O) groups is 1. The van der Waals surface area contributed by atoms with Gasteiger partial charge in [0.2, 0.25) is 0 Å². The fourth-order valence-corrected chi connectivity index (χ4v) is 3.29. The van der Waals surface area contributed by atoms with Crippen LogP contribution in [0, 0.1) is 6.92 Å². The van der Waals surface area contributed by atoms with E-state index < -0.39 is 0 Å². The Kier molecular flexibility index (Phi) is 5.09. The van der Waals surface area contributed by atoms with E-state index in [0.717, 1.165) is 28.0 Å². The average molecular weight is 390 g/mol. The second-order valence-electron chi connectivity index (χ2n) is 5.92. The van der Waals surface area contributed by atoms with Crippen molar-refractivity contribution in [2.75, 3.05) is 19.0 Å². The summed E-state index contributed by atoms with van der Waals surface area (Å²) in [5, 5.41) is 3.43. The first kappa shape index (κ1) is 16.8. The van der Waals surface area contributed by atoms with E-state index in [-0.39, 0.29) is 11.9 Å². The van der Waals surface area contributed by atoms with Crippen LogP contribution < -0.4 is 10.1 Å². The Labute approximate surface area is 150 Å². The van der Waals surface area contributed by atoms with E-state index in [1.165, 1.54) is 18.2 Å². The summed E-state index contributed by atoms with van der Waals surface area (Å²) in [6.45, 7) is 3.37. The van der Waals surface area contributed by atoms with Gasteiger partial charge < -0.3 is 14.8 Å². The predicted molar refractivity (Wildman–Crippen MR) is 97.5 cm³/mol. The summed E-state index contributed by atoms with van der Waals surface area (Å²) in [7, 11) is 1.41. The molecule has 0 bridgehead atoms. The van der Waals surface area contributed by atoms with Gasteiger partial charge in [-0.05, 0) is 30.2 Å². The number of carbonyl (C=O) groups excluding carboxylic acids is 1. The highest BCUT2D eigenvalue weighted by atomic mass is 79.9. The summed E-state index contributed by atoms with van der Waals surface area (Å²) in [4.78, 5) is 11.5. The van der Waals surface area contributed by atoms with E-state index in [1.807, 2.05) is 30.3 Å². The molecule has 2 aromatic rings. The van der Waals surface area contributed by atoms with Crippen molar-refractivity contribution in [1.29, 1.82) is 0 Å². The van der Waals surface area contributed by atoms with E-state index in [0.29, 0.717) is 13.0 Å². The molecule has 0 fully saturated rings. The van der Waals surface area contributed by atoms with Crippen molar-refractivity contribution in [3.05, 3.63) is 57.6 Å². The molecule has 126 valence electrons. The first-order valence-electron chi connectivity index (χ1n) is 7.90. The summed E-state index contributed by atoms with van der Waals surface area (Å²) in [6, 6.07) is 12.3. The van der Waals surface area contributed by atoms with Crippen molar-refractivity contribution in [1.82, 2.24) is 0 Å². The summed E-state index contributed by atoms with van der Waals surface area (Å²) in [6.07, 6.45) is 0.355.